The van der Waals surface area contributed by atoms with Crippen LogP contribution >= 0.6 is 12.2 Å². The molecule has 1 heterocycles. The van der Waals surface area contributed by atoms with E-state index in [-0.39, 0.29) is 5.11 Å². The lowest BCUT2D eigenvalue weighted by atomic mass is 10.6. The van der Waals surface area contributed by atoms with Crippen LogP contribution in [0.3, 0.4) is 0 Å². The van der Waals surface area contributed by atoms with Gasteiger partial charge in [-0.3, -0.25) is 0 Å². The maximum atomic E-state index is 5.14. The lowest BCUT2D eigenvalue weighted by Gasteiger charge is -1.94. The van der Waals surface area contributed by atoms with Crippen LogP contribution in [-0.4, -0.2) is 5.11 Å². The Morgan fingerprint density at radius 1 is 1.78 bits per heavy atom. The molecule has 0 aliphatic rings. The molecular formula is C5H6N2OS. The van der Waals surface area contributed by atoms with E-state index in [0.29, 0.717) is 5.88 Å². The summed E-state index contributed by atoms with van der Waals surface area (Å²) < 4.78 is 4.87. The summed E-state index contributed by atoms with van der Waals surface area (Å²) in [6.07, 6.45) is 1.54. The molecule has 0 aliphatic carbocycles. The average Bonchev–Trinajstić information content (AvgIpc) is 2.15. The number of nitrogens with one attached hydrogen (secondary N) is 1. The molecule has 0 radical (unpaired) electrons. The number of anilines is 1. The minimum Gasteiger partial charge on any atom is -0.449 e. The molecule has 3 N–H and O–H groups in total. The minimum atomic E-state index is 0.213. The van der Waals surface area contributed by atoms with E-state index in [1.807, 2.05) is 0 Å². The van der Waals surface area contributed by atoms with Gasteiger partial charge in [0.05, 0.1) is 6.26 Å². The summed E-state index contributed by atoms with van der Waals surface area (Å²) in [4.78, 5) is 0. The predicted molar refractivity (Wildman–Crippen MR) is 39.1 cm³/mol. The van der Waals surface area contributed by atoms with Crippen LogP contribution in [-0.2, 0) is 0 Å². The van der Waals surface area contributed by atoms with Gasteiger partial charge in [-0.2, -0.15) is 0 Å². The van der Waals surface area contributed by atoms with Crippen LogP contribution in [0, 0.1) is 0 Å². The van der Waals surface area contributed by atoms with E-state index in [0.717, 1.165) is 0 Å². The highest BCUT2D eigenvalue weighted by Crippen LogP contribution is 2.04. The summed E-state index contributed by atoms with van der Waals surface area (Å²) in [6, 6.07) is 3.49. The molecule has 0 unspecified atom stereocenters. The Bertz CT molecular complexity index is 195. The number of hydrogen-bond donors (Lipinski definition) is 2. The second-order valence-electron chi connectivity index (χ2n) is 1.47. The summed E-state index contributed by atoms with van der Waals surface area (Å²) in [5.74, 6) is 0.572. The molecule has 48 valence electrons. The zero-order chi connectivity index (χ0) is 6.69. The van der Waals surface area contributed by atoms with Crippen molar-refractivity contribution < 1.29 is 4.42 Å². The van der Waals surface area contributed by atoms with Crippen molar-refractivity contribution >= 4 is 23.2 Å². The number of hydrogen-bond acceptors (Lipinski definition) is 2. The van der Waals surface area contributed by atoms with Crippen molar-refractivity contribution in [3.63, 3.8) is 0 Å². The van der Waals surface area contributed by atoms with Gasteiger partial charge in [0, 0.05) is 6.07 Å². The van der Waals surface area contributed by atoms with Gasteiger partial charge in [0.2, 0.25) is 0 Å². The Kier molecular flexibility index (Phi) is 1.69. The monoisotopic (exact) mass is 142 g/mol. The van der Waals surface area contributed by atoms with Gasteiger partial charge in [0.15, 0.2) is 11.0 Å². The third kappa shape index (κ3) is 1.73. The standard InChI is InChI=1S/C5H6N2OS/c6-5(9)7-4-2-1-3-8-4/h1-3H,(H3,6,7,9). The zero-order valence-electron chi connectivity index (χ0n) is 4.63. The van der Waals surface area contributed by atoms with Crippen molar-refractivity contribution in [2.24, 2.45) is 5.73 Å². The first kappa shape index (κ1) is 6.10. The average molecular weight is 142 g/mol. The molecule has 4 heteroatoms. The maximum absolute atomic E-state index is 5.14. The Morgan fingerprint density at radius 2 is 2.56 bits per heavy atom. The molecular weight excluding hydrogens is 136 g/mol. The van der Waals surface area contributed by atoms with Crippen LogP contribution in [0.4, 0.5) is 5.88 Å². The van der Waals surface area contributed by atoms with Crippen LogP contribution in [0.15, 0.2) is 22.8 Å². The lowest BCUT2D eigenvalue weighted by Crippen LogP contribution is -2.18. The first-order valence-corrected chi connectivity index (χ1v) is 2.80. The molecule has 0 aliphatic heterocycles. The van der Waals surface area contributed by atoms with Gasteiger partial charge in [0.25, 0.3) is 0 Å². The number of furan rings is 1. The van der Waals surface area contributed by atoms with Crippen molar-refractivity contribution in [2.75, 3.05) is 5.32 Å². The molecule has 1 aromatic heterocycles. The Hall–Kier alpha value is -1.03. The van der Waals surface area contributed by atoms with Crippen molar-refractivity contribution in [3.05, 3.63) is 18.4 Å². The number of thiocarbonyl (C=S) groups is 1. The molecule has 0 amide bonds. The van der Waals surface area contributed by atoms with Crippen molar-refractivity contribution in [1.29, 1.82) is 0 Å². The fourth-order valence-electron chi connectivity index (χ4n) is 0.471. The summed E-state index contributed by atoms with van der Waals surface area (Å²) in [5, 5.41) is 2.84. The highest BCUT2D eigenvalue weighted by atomic mass is 32.1. The molecule has 0 aromatic carbocycles. The van der Waals surface area contributed by atoms with E-state index in [4.69, 9.17) is 10.2 Å². The van der Waals surface area contributed by atoms with Gasteiger partial charge < -0.3 is 15.5 Å². The van der Waals surface area contributed by atoms with Gasteiger partial charge >= 0.3 is 0 Å². The topological polar surface area (TPSA) is 51.2 Å². The van der Waals surface area contributed by atoms with E-state index in [1.54, 1.807) is 18.4 Å². The third-order valence-electron chi connectivity index (χ3n) is 0.768. The molecule has 3 nitrogen and oxygen atoms in total. The van der Waals surface area contributed by atoms with Crippen LogP contribution < -0.4 is 11.1 Å². The van der Waals surface area contributed by atoms with Gasteiger partial charge in [-0.15, -0.1) is 0 Å². The van der Waals surface area contributed by atoms with Crippen LogP contribution in [0.25, 0.3) is 0 Å². The highest BCUT2D eigenvalue weighted by molar-refractivity contribution is 7.80. The SMILES string of the molecule is NC(=S)Nc1ccco1. The van der Waals surface area contributed by atoms with E-state index >= 15 is 0 Å². The molecule has 0 atom stereocenters. The van der Waals surface area contributed by atoms with Gasteiger partial charge in [-0.25, -0.2) is 0 Å². The fourth-order valence-corrected chi connectivity index (χ4v) is 0.572. The summed E-state index contributed by atoms with van der Waals surface area (Å²) in [5.41, 5.74) is 5.14. The summed E-state index contributed by atoms with van der Waals surface area (Å²) in [6.45, 7) is 0. The maximum Gasteiger partial charge on any atom is 0.198 e. The summed E-state index contributed by atoms with van der Waals surface area (Å²) >= 11 is 4.55. The molecule has 0 spiro atoms. The zero-order valence-corrected chi connectivity index (χ0v) is 5.44. The minimum absolute atomic E-state index is 0.213. The van der Waals surface area contributed by atoms with Crippen LogP contribution in [0.1, 0.15) is 0 Å². The largest absolute Gasteiger partial charge is 0.449 e. The lowest BCUT2D eigenvalue weighted by molar-refractivity contribution is 0.586. The molecule has 0 fully saturated rings. The smallest absolute Gasteiger partial charge is 0.198 e. The Labute approximate surface area is 57.8 Å². The summed E-state index contributed by atoms with van der Waals surface area (Å²) in [7, 11) is 0. The van der Waals surface area contributed by atoms with Crippen molar-refractivity contribution in [1.82, 2.24) is 0 Å². The molecule has 1 aromatic rings. The molecule has 0 saturated heterocycles. The predicted octanol–water partition coefficient (Wildman–Crippen LogP) is 0.935. The second kappa shape index (κ2) is 2.50. The second-order valence-corrected chi connectivity index (χ2v) is 1.91. The molecule has 0 saturated carbocycles. The van der Waals surface area contributed by atoms with Gasteiger partial charge in [-0.1, -0.05) is 0 Å². The quantitative estimate of drug-likeness (QED) is 0.573. The molecule has 0 bridgehead atoms. The first-order valence-electron chi connectivity index (χ1n) is 2.39. The van der Waals surface area contributed by atoms with E-state index in [2.05, 4.69) is 17.5 Å². The molecule has 9 heavy (non-hydrogen) atoms. The Balaban J connectivity index is 2.58. The number of nitrogens with two attached hydrogens (primary N) is 1. The normalized spacial score (nSPS) is 8.89. The Morgan fingerprint density at radius 3 is 3.00 bits per heavy atom. The van der Waals surface area contributed by atoms with Crippen LogP contribution in [0.2, 0.25) is 0 Å². The van der Waals surface area contributed by atoms with Crippen LogP contribution in [0.5, 0.6) is 0 Å². The first-order chi connectivity index (χ1) is 4.29. The molecule has 1 rings (SSSR count). The van der Waals surface area contributed by atoms with E-state index < -0.39 is 0 Å². The van der Waals surface area contributed by atoms with Gasteiger partial charge in [-0.05, 0) is 18.3 Å². The van der Waals surface area contributed by atoms with Gasteiger partial charge in [0.1, 0.15) is 0 Å². The van der Waals surface area contributed by atoms with E-state index in [9.17, 15) is 0 Å². The van der Waals surface area contributed by atoms with Crippen molar-refractivity contribution in [3.8, 4) is 0 Å². The van der Waals surface area contributed by atoms with Crippen molar-refractivity contribution in [2.45, 2.75) is 0 Å². The highest BCUT2D eigenvalue weighted by Gasteiger charge is 1.91. The number of rotatable bonds is 1. The third-order valence-corrected chi connectivity index (χ3v) is 0.870. The fraction of sp³-hybridized carbons (Fsp3) is 0. The van der Waals surface area contributed by atoms with E-state index in [1.165, 1.54) is 0 Å².